The Morgan fingerprint density at radius 1 is 1.21 bits per heavy atom. The molecular formula is C21H26F3N7O2S. The van der Waals surface area contributed by atoms with E-state index in [2.05, 4.69) is 30.3 Å². The molecule has 4 heterocycles. The van der Waals surface area contributed by atoms with Crippen molar-refractivity contribution in [3.8, 4) is 0 Å². The van der Waals surface area contributed by atoms with Crippen LogP contribution in [0.4, 0.5) is 18.3 Å². The Hall–Kier alpha value is -2.64. The first-order valence-corrected chi connectivity index (χ1v) is 11.8. The van der Waals surface area contributed by atoms with Gasteiger partial charge in [-0.05, 0) is 39.7 Å². The molecule has 0 bridgehead atoms. The van der Waals surface area contributed by atoms with Gasteiger partial charge < -0.3 is 10.1 Å². The number of alkyl halides is 3. The Labute approximate surface area is 198 Å². The summed E-state index contributed by atoms with van der Waals surface area (Å²) in [5.41, 5.74) is 2.54. The number of thiazole rings is 1. The number of fused-ring (bicyclic) bond motifs is 1. The van der Waals surface area contributed by atoms with E-state index in [4.69, 9.17) is 4.74 Å². The van der Waals surface area contributed by atoms with Crippen molar-refractivity contribution in [3.63, 3.8) is 0 Å². The third-order valence-electron chi connectivity index (χ3n) is 5.58. The third-order valence-corrected chi connectivity index (χ3v) is 6.39. The Morgan fingerprint density at radius 2 is 1.91 bits per heavy atom. The predicted molar refractivity (Wildman–Crippen MR) is 120 cm³/mol. The number of anilines is 1. The lowest BCUT2D eigenvalue weighted by Crippen LogP contribution is -2.44. The van der Waals surface area contributed by atoms with Gasteiger partial charge in [-0.3, -0.25) is 9.69 Å². The minimum Gasteiger partial charge on any atom is -0.373 e. The van der Waals surface area contributed by atoms with Crippen LogP contribution in [0.1, 0.15) is 48.7 Å². The van der Waals surface area contributed by atoms with E-state index in [1.165, 1.54) is 11.3 Å². The van der Waals surface area contributed by atoms with E-state index >= 15 is 0 Å². The normalized spacial score (nSPS) is 19.6. The van der Waals surface area contributed by atoms with Crippen molar-refractivity contribution in [1.82, 2.24) is 29.5 Å². The SMILES string of the molecule is Cc1nc2nc(C(F)(F)F)nn2c(C)c1CCC(=O)Nc1nc(CN2CC(C)OC(C)C2)cs1. The molecule has 0 spiro atoms. The first-order chi connectivity index (χ1) is 16.0. The van der Waals surface area contributed by atoms with Crippen LogP contribution >= 0.6 is 11.3 Å². The standard InChI is InChI=1S/C21H26F3N7O2S/c1-11-7-30(8-12(2)33-11)9-15-10-34-20(26-15)27-17(32)6-5-16-13(3)25-19-28-18(21(22,23)24)29-31(19)14(16)4/h10-12H,5-9H2,1-4H3,(H,26,27,32). The quantitative estimate of drug-likeness (QED) is 0.558. The summed E-state index contributed by atoms with van der Waals surface area (Å²) in [6.45, 7) is 9.77. The fraction of sp³-hybridized carbons (Fsp3) is 0.571. The van der Waals surface area contributed by atoms with Crippen LogP contribution in [0.3, 0.4) is 0 Å². The first kappa shape index (κ1) is 24.5. The Kier molecular flexibility index (Phi) is 6.87. The largest absolute Gasteiger partial charge is 0.453 e. The molecule has 3 aromatic rings. The molecular weight excluding hydrogens is 471 g/mol. The Bertz CT molecular complexity index is 1180. The second-order valence-electron chi connectivity index (χ2n) is 8.55. The number of hydrogen-bond donors (Lipinski definition) is 1. The number of nitrogens with one attached hydrogen (secondary N) is 1. The van der Waals surface area contributed by atoms with Crippen molar-refractivity contribution >= 4 is 28.2 Å². The highest BCUT2D eigenvalue weighted by atomic mass is 32.1. The minimum absolute atomic E-state index is 0.116. The fourth-order valence-electron chi connectivity index (χ4n) is 4.19. The Balaban J connectivity index is 1.37. The van der Waals surface area contributed by atoms with Crippen molar-refractivity contribution < 1.29 is 22.7 Å². The second-order valence-corrected chi connectivity index (χ2v) is 9.41. The fourth-order valence-corrected chi connectivity index (χ4v) is 4.91. The number of carbonyl (C=O) groups excluding carboxylic acids is 1. The maximum Gasteiger partial charge on any atom is 0.453 e. The van der Waals surface area contributed by atoms with Gasteiger partial charge in [-0.1, -0.05) is 0 Å². The molecule has 0 saturated carbocycles. The highest BCUT2D eigenvalue weighted by Gasteiger charge is 2.37. The average Bonchev–Trinajstić information content (AvgIpc) is 3.33. The van der Waals surface area contributed by atoms with Crippen molar-refractivity contribution in [2.24, 2.45) is 0 Å². The molecule has 1 aliphatic heterocycles. The van der Waals surface area contributed by atoms with E-state index in [0.29, 0.717) is 35.0 Å². The van der Waals surface area contributed by atoms with E-state index in [1.807, 2.05) is 19.2 Å². The van der Waals surface area contributed by atoms with Crippen LogP contribution in [-0.4, -0.2) is 60.7 Å². The molecule has 0 radical (unpaired) electrons. The van der Waals surface area contributed by atoms with E-state index in [0.717, 1.165) is 23.3 Å². The minimum atomic E-state index is -4.65. The lowest BCUT2D eigenvalue weighted by atomic mass is 10.1. The molecule has 13 heteroatoms. The molecule has 2 atom stereocenters. The summed E-state index contributed by atoms with van der Waals surface area (Å²) in [5.74, 6) is -1.59. The van der Waals surface area contributed by atoms with Crippen LogP contribution < -0.4 is 5.32 Å². The van der Waals surface area contributed by atoms with Crippen LogP contribution in [0.25, 0.3) is 5.78 Å². The van der Waals surface area contributed by atoms with Crippen LogP contribution in [0.5, 0.6) is 0 Å². The predicted octanol–water partition coefficient (Wildman–Crippen LogP) is 3.40. The molecule has 1 saturated heterocycles. The maximum atomic E-state index is 13.0. The molecule has 1 aliphatic rings. The highest BCUT2D eigenvalue weighted by Crippen LogP contribution is 2.27. The number of halogens is 3. The number of aryl methyl sites for hydroxylation is 2. The smallest absolute Gasteiger partial charge is 0.373 e. The summed E-state index contributed by atoms with van der Waals surface area (Å²) in [5, 5.41) is 8.79. The number of carbonyl (C=O) groups is 1. The zero-order chi connectivity index (χ0) is 24.6. The number of amides is 1. The zero-order valence-corrected chi connectivity index (χ0v) is 20.1. The molecule has 34 heavy (non-hydrogen) atoms. The summed E-state index contributed by atoms with van der Waals surface area (Å²) in [6.07, 6.45) is -3.89. The summed E-state index contributed by atoms with van der Waals surface area (Å²) in [6, 6.07) is 0. The monoisotopic (exact) mass is 497 g/mol. The summed E-state index contributed by atoms with van der Waals surface area (Å²) < 4.78 is 45.7. The van der Waals surface area contributed by atoms with Gasteiger partial charge in [0.05, 0.1) is 17.9 Å². The first-order valence-electron chi connectivity index (χ1n) is 10.9. The molecule has 184 valence electrons. The molecule has 0 aromatic carbocycles. The van der Waals surface area contributed by atoms with Gasteiger partial charge in [0.25, 0.3) is 11.6 Å². The number of ether oxygens (including phenoxy) is 1. The number of rotatable bonds is 6. The van der Waals surface area contributed by atoms with Crippen molar-refractivity contribution in [3.05, 3.63) is 33.8 Å². The van der Waals surface area contributed by atoms with Gasteiger partial charge in [0, 0.05) is 42.8 Å². The molecule has 2 unspecified atom stereocenters. The van der Waals surface area contributed by atoms with Gasteiger partial charge in [0.15, 0.2) is 5.13 Å². The van der Waals surface area contributed by atoms with E-state index in [9.17, 15) is 18.0 Å². The zero-order valence-electron chi connectivity index (χ0n) is 19.3. The van der Waals surface area contributed by atoms with Crippen molar-refractivity contribution in [2.45, 2.75) is 65.5 Å². The topological polar surface area (TPSA) is 97.5 Å². The van der Waals surface area contributed by atoms with E-state index in [-0.39, 0.29) is 30.3 Å². The average molecular weight is 498 g/mol. The lowest BCUT2D eigenvalue weighted by Gasteiger charge is -2.34. The molecule has 9 nitrogen and oxygen atoms in total. The van der Waals surface area contributed by atoms with Gasteiger partial charge in [-0.15, -0.1) is 16.4 Å². The highest BCUT2D eigenvalue weighted by molar-refractivity contribution is 7.13. The number of hydrogen-bond acceptors (Lipinski definition) is 8. The van der Waals surface area contributed by atoms with E-state index < -0.39 is 12.0 Å². The lowest BCUT2D eigenvalue weighted by molar-refractivity contribution is -0.144. The molecule has 1 N–H and O–H groups in total. The van der Waals surface area contributed by atoms with Gasteiger partial charge in [0.1, 0.15) is 0 Å². The van der Waals surface area contributed by atoms with Crippen LogP contribution in [-0.2, 0) is 28.7 Å². The summed E-state index contributed by atoms with van der Waals surface area (Å²) in [4.78, 5) is 26.9. The summed E-state index contributed by atoms with van der Waals surface area (Å²) >= 11 is 1.36. The van der Waals surface area contributed by atoms with E-state index in [1.54, 1.807) is 13.8 Å². The van der Waals surface area contributed by atoms with Crippen molar-refractivity contribution in [1.29, 1.82) is 0 Å². The third kappa shape index (κ3) is 5.53. The number of morpholine rings is 1. The molecule has 3 aromatic heterocycles. The maximum absolute atomic E-state index is 13.0. The molecule has 0 aliphatic carbocycles. The molecule has 1 fully saturated rings. The van der Waals surface area contributed by atoms with Crippen LogP contribution in [0.2, 0.25) is 0 Å². The molecule has 1 amide bonds. The van der Waals surface area contributed by atoms with Crippen LogP contribution in [0.15, 0.2) is 5.38 Å². The molecule has 4 rings (SSSR count). The van der Waals surface area contributed by atoms with Gasteiger partial charge in [-0.2, -0.15) is 18.2 Å². The van der Waals surface area contributed by atoms with Crippen molar-refractivity contribution in [2.75, 3.05) is 18.4 Å². The second kappa shape index (κ2) is 9.55. The van der Waals surface area contributed by atoms with Gasteiger partial charge in [-0.25, -0.2) is 14.5 Å². The van der Waals surface area contributed by atoms with Crippen LogP contribution in [0, 0.1) is 13.8 Å². The van der Waals surface area contributed by atoms with Gasteiger partial charge >= 0.3 is 6.18 Å². The Morgan fingerprint density at radius 3 is 2.59 bits per heavy atom. The van der Waals surface area contributed by atoms with Gasteiger partial charge in [0.2, 0.25) is 5.91 Å². The number of nitrogens with zero attached hydrogens (tertiary/aromatic N) is 6. The summed E-state index contributed by atoms with van der Waals surface area (Å²) in [7, 11) is 0. The number of aromatic nitrogens is 5.